The van der Waals surface area contributed by atoms with Gasteiger partial charge in [0.2, 0.25) is 26.0 Å². The molecule has 232 valence electrons. The van der Waals surface area contributed by atoms with Gasteiger partial charge in [-0.05, 0) is 67.5 Å². The third-order valence-corrected chi connectivity index (χ3v) is 12.2. The number of hydrogen-bond acceptors (Lipinski definition) is 9. The van der Waals surface area contributed by atoms with Gasteiger partial charge in [-0.25, -0.2) is 16.8 Å². The fourth-order valence-electron chi connectivity index (χ4n) is 6.48. The molecule has 3 N–H and O–H groups in total. The Labute approximate surface area is 251 Å². The van der Waals surface area contributed by atoms with Gasteiger partial charge in [0.1, 0.15) is 5.69 Å². The number of amides is 1. The average molecular weight is 632 g/mol. The Bertz CT molecular complexity index is 1780. The largest absolute Gasteiger partial charge is 0.356 e. The number of nitroso groups, excluding NO2 is 1. The van der Waals surface area contributed by atoms with Gasteiger partial charge in [0, 0.05) is 60.2 Å². The van der Waals surface area contributed by atoms with E-state index in [4.69, 9.17) is 0 Å². The summed E-state index contributed by atoms with van der Waals surface area (Å²) >= 11 is 0. The lowest BCUT2D eigenvalue weighted by atomic mass is 9.94. The first kappa shape index (κ1) is 31.3. The summed E-state index contributed by atoms with van der Waals surface area (Å²) in [5, 5.41) is 17.1. The first-order valence-electron chi connectivity index (χ1n) is 14.5. The van der Waals surface area contributed by atoms with Gasteiger partial charge in [0.25, 0.3) is 0 Å². The molecule has 12 nitrogen and oxygen atoms in total. The van der Waals surface area contributed by atoms with Crippen molar-refractivity contribution < 1.29 is 26.8 Å². The van der Waals surface area contributed by atoms with Crippen LogP contribution in [0.4, 0.5) is 11.4 Å². The second kappa shape index (κ2) is 12.1. The van der Waals surface area contributed by atoms with Crippen LogP contribution in [-0.2, 0) is 24.8 Å². The third-order valence-electron chi connectivity index (χ3n) is 8.52. The third kappa shape index (κ3) is 5.74. The number of nitrogens with zero attached hydrogens (tertiary/aromatic N) is 3. The second-order valence-electron chi connectivity index (χ2n) is 11.7. The van der Waals surface area contributed by atoms with Gasteiger partial charge in [0.05, 0.1) is 15.5 Å². The number of nitrogens with one attached hydrogen (secondary N) is 2. The van der Waals surface area contributed by atoms with E-state index in [1.807, 2.05) is 20.8 Å². The van der Waals surface area contributed by atoms with Crippen LogP contribution in [0.3, 0.4) is 0 Å². The van der Waals surface area contributed by atoms with E-state index in [-0.39, 0.29) is 68.7 Å². The van der Waals surface area contributed by atoms with Crippen LogP contribution in [0.25, 0.3) is 21.5 Å². The molecular formula is C29H37N5O7S2. The van der Waals surface area contributed by atoms with E-state index in [9.17, 15) is 31.7 Å². The van der Waals surface area contributed by atoms with E-state index in [1.54, 1.807) is 0 Å². The number of anilines is 1. The molecule has 2 atom stereocenters. The van der Waals surface area contributed by atoms with Crippen molar-refractivity contribution in [1.29, 1.82) is 0 Å². The molecule has 0 bridgehead atoms. The minimum Gasteiger partial charge on any atom is -0.356 e. The lowest BCUT2D eigenvalue weighted by Crippen LogP contribution is -2.42. The van der Waals surface area contributed by atoms with E-state index in [2.05, 4.69) is 16.0 Å². The number of fused-ring (bicyclic) bond motifs is 2. The number of hydrogen-bond donors (Lipinski definition) is 3. The van der Waals surface area contributed by atoms with Crippen molar-refractivity contribution in [2.45, 2.75) is 49.8 Å². The van der Waals surface area contributed by atoms with Crippen molar-refractivity contribution in [3.8, 4) is 0 Å². The molecule has 0 radical (unpaired) electrons. The highest BCUT2D eigenvalue weighted by Gasteiger charge is 2.34. The Balaban J connectivity index is 1.58. The second-order valence-corrected chi connectivity index (χ2v) is 15.6. The Morgan fingerprint density at radius 2 is 1.40 bits per heavy atom. The van der Waals surface area contributed by atoms with Gasteiger partial charge < -0.3 is 5.32 Å². The van der Waals surface area contributed by atoms with E-state index in [1.165, 1.54) is 45.0 Å². The van der Waals surface area contributed by atoms with Gasteiger partial charge >= 0.3 is 0 Å². The van der Waals surface area contributed by atoms with Crippen LogP contribution < -0.4 is 10.8 Å². The molecule has 2 heterocycles. The molecule has 0 spiro atoms. The number of carbonyl (C=O) groups is 1. The molecule has 14 heteroatoms. The van der Waals surface area contributed by atoms with Crippen molar-refractivity contribution in [1.82, 2.24) is 13.9 Å². The zero-order valence-corrected chi connectivity index (χ0v) is 26.0. The molecule has 2 aliphatic heterocycles. The summed E-state index contributed by atoms with van der Waals surface area (Å²) in [6.45, 7) is 7.44. The Morgan fingerprint density at radius 3 is 1.86 bits per heavy atom. The average Bonchev–Trinajstić information content (AvgIpc) is 2.98. The van der Waals surface area contributed by atoms with E-state index in [0.29, 0.717) is 43.2 Å². The summed E-state index contributed by atoms with van der Waals surface area (Å²) in [4.78, 5) is 24.4. The van der Waals surface area contributed by atoms with Crippen molar-refractivity contribution in [2.75, 3.05) is 38.2 Å². The van der Waals surface area contributed by atoms with Gasteiger partial charge in [-0.3, -0.25) is 15.5 Å². The van der Waals surface area contributed by atoms with Crippen LogP contribution in [0, 0.1) is 22.7 Å². The van der Waals surface area contributed by atoms with Gasteiger partial charge in [0.15, 0.2) is 0 Å². The summed E-state index contributed by atoms with van der Waals surface area (Å²) in [5.74, 6) is 0.0359. The maximum Gasteiger partial charge on any atom is 0.243 e. The number of benzene rings is 3. The molecule has 0 unspecified atom stereocenters. The summed E-state index contributed by atoms with van der Waals surface area (Å²) in [6, 6.07) is 8.51. The quantitative estimate of drug-likeness (QED) is 0.187. The summed E-state index contributed by atoms with van der Waals surface area (Å²) in [6.07, 6.45) is 1.70. The zero-order chi connectivity index (χ0) is 31.1. The highest BCUT2D eigenvalue weighted by Crippen LogP contribution is 2.43. The number of carbonyl (C=O) groups excluding carboxylic acids is 1. The summed E-state index contributed by atoms with van der Waals surface area (Å²) in [7, 11) is -7.90. The SMILES string of the molecule is CCNC(=O)C1CCN(S(=O)(=O)c2ccc3c(NO)c4ccc(S(=O)(=O)N5C[C@H](C)C[C@H](C)C5)cc4c(N=O)c3c2)CC1. The Kier molecular flexibility index (Phi) is 8.78. The first-order chi connectivity index (χ1) is 20.4. The number of sulfonamides is 2. The fraction of sp³-hybridized carbons (Fsp3) is 0.483. The maximum absolute atomic E-state index is 13.6. The van der Waals surface area contributed by atoms with E-state index >= 15 is 0 Å². The zero-order valence-electron chi connectivity index (χ0n) is 24.4. The standard InChI is InChI=1S/C29H37N5O7S2/c1-4-30-29(35)20-9-11-33(12-10-20)42(38,39)21-5-7-23-25(14-21)28(32-37)26-15-22(6-8-24(26)27(23)31-36)43(40,41)34-16-18(2)13-19(3)17-34/h5-8,14-15,18-20,31,36H,4,9-13,16-17H2,1-3H3,(H,30,35)/t18-,19+. The first-order valence-corrected chi connectivity index (χ1v) is 17.3. The summed E-state index contributed by atoms with van der Waals surface area (Å²) < 4.78 is 57.3. The smallest absolute Gasteiger partial charge is 0.243 e. The molecule has 3 aromatic carbocycles. The molecule has 0 saturated carbocycles. The predicted octanol–water partition coefficient (Wildman–Crippen LogP) is 4.40. The van der Waals surface area contributed by atoms with E-state index < -0.39 is 20.0 Å². The van der Waals surface area contributed by atoms with Crippen molar-refractivity contribution in [3.05, 3.63) is 41.3 Å². The topological polar surface area (TPSA) is 166 Å². The Hall–Kier alpha value is -3.17. The van der Waals surface area contributed by atoms with Crippen molar-refractivity contribution in [2.24, 2.45) is 22.9 Å². The van der Waals surface area contributed by atoms with E-state index in [0.717, 1.165) is 6.42 Å². The van der Waals surface area contributed by atoms with Gasteiger partial charge in [-0.2, -0.15) is 8.61 Å². The minimum atomic E-state index is -4.00. The maximum atomic E-state index is 13.6. The Morgan fingerprint density at radius 1 is 0.884 bits per heavy atom. The number of piperidine rings is 2. The van der Waals surface area contributed by atoms with Crippen LogP contribution in [0.5, 0.6) is 0 Å². The van der Waals surface area contributed by atoms with Gasteiger partial charge in [-0.15, -0.1) is 4.91 Å². The van der Waals surface area contributed by atoms with Crippen molar-refractivity contribution >= 4 is 58.9 Å². The molecule has 0 aromatic heterocycles. The summed E-state index contributed by atoms with van der Waals surface area (Å²) in [5.41, 5.74) is 2.20. The normalized spacial score (nSPS) is 21.2. The van der Waals surface area contributed by atoms with Crippen LogP contribution in [0.2, 0.25) is 0 Å². The molecule has 3 aromatic rings. The molecule has 1 amide bonds. The molecule has 2 saturated heterocycles. The lowest BCUT2D eigenvalue weighted by molar-refractivity contribution is -0.126. The lowest BCUT2D eigenvalue weighted by Gasteiger charge is -2.34. The van der Waals surface area contributed by atoms with Gasteiger partial charge in [-0.1, -0.05) is 26.0 Å². The van der Waals surface area contributed by atoms with Crippen LogP contribution in [0.1, 0.15) is 40.0 Å². The number of rotatable bonds is 8. The molecule has 0 aliphatic carbocycles. The fourth-order valence-corrected chi connectivity index (χ4v) is 9.68. The predicted molar refractivity (Wildman–Crippen MR) is 164 cm³/mol. The monoisotopic (exact) mass is 631 g/mol. The molecule has 5 rings (SSSR count). The molecule has 2 aliphatic rings. The molecular weight excluding hydrogens is 594 g/mol. The highest BCUT2D eigenvalue weighted by atomic mass is 32.2. The van der Waals surface area contributed by atoms with Crippen LogP contribution in [0.15, 0.2) is 51.4 Å². The highest BCUT2D eigenvalue weighted by molar-refractivity contribution is 7.89. The molecule has 43 heavy (non-hydrogen) atoms. The van der Waals surface area contributed by atoms with Crippen molar-refractivity contribution in [3.63, 3.8) is 0 Å². The van der Waals surface area contributed by atoms with Crippen LogP contribution >= 0.6 is 0 Å². The van der Waals surface area contributed by atoms with Crippen LogP contribution in [-0.4, -0.2) is 69.3 Å². The molecule has 2 fully saturated rings. The minimum absolute atomic E-state index is 0.0202.